The predicted octanol–water partition coefficient (Wildman–Crippen LogP) is 1.61. The monoisotopic (exact) mass is 219 g/mol. The molecule has 3 heteroatoms. The van der Waals surface area contributed by atoms with Gasteiger partial charge in [0.25, 0.3) is 0 Å². The summed E-state index contributed by atoms with van der Waals surface area (Å²) >= 11 is 0. The molecule has 0 unspecified atom stereocenters. The van der Waals surface area contributed by atoms with Crippen molar-refractivity contribution in [2.45, 2.75) is 25.9 Å². The van der Waals surface area contributed by atoms with E-state index in [-0.39, 0.29) is 12.0 Å². The van der Waals surface area contributed by atoms with Crippen molar-refractivity contribution in [2.24, 2.45) is 0 Å². The van der Waals surface area contributed by atoms with Gasteiger partial charge in [0.15, 0.2) is 0 Å². The van der Waals surface area contributed by atoms with E-state index >= 15 is 0 Å². The third kappa shape index (κ3) is 2.09. The quantitative estimate of drug-likeness (QED) is 0.708. The molecular weight excluding hydrogens is 202 g/mol. The van der Waals surface area contributed by atoms with Gasteiger partial charge in [0.1, 0.15) is 6.04 Å². The Morgan fingerprint density at radius 3 is 2.75 bits per heavy atom. The minimum atomic E-state index is -0.154. The standard InChI is InChI=1S/C13H17NO2/c1-10(13(15)16-2)14-8-7-11-5-3-4-6-12(11)9-14/h3-6,10H,7-9H2,1-2H3/t10-/m0/s1. The lowest BCUT2D eigenvalue weighted by Gasteiger charge is -2.32. The number of rotatable bonds is 2. The summed E-state index contributed by atoms with van der Waals surface area (Å²) in [6, 6.07) is 8.25. The Morgan fingerprint density at radius 2 is 2.06 bits per heavy atom. The number of carbonyl (C=O) groups excluding carboxylic acids is 1. The number of esters is 1. The molecule has 86 valence electrons. The smallest absolute Gasteiger partial charge is 0.322 e. The maximum atomic E-state index is 11.5. The highest BCUT2D eigenvalue weighted by molar-refractivity contribution is 5.75. The molecule has 1 heterocycles. The highest BCUT2D eigenvalue weighted by Gasteiger charge is 2.25. The zero-order chi connectivity index (χ0) is 11.5. The molecule has 1 aromatic rings. The maximum absolute atomic E-state index is 11.5. The minimum Gasteiger partial charge on any atom is -0.468 e. The highest BCUT2D eigenvalue weighted by atomic mass is 16.5. The zero-order valence-electron chi connectivity index (χ0n) is 9.77. The van der Waals surface area contributed by atoms with Gasteiger partial charge in [-0.1, -0.05) is 24.3 Å². The predicted molar refractivity (Wildman–Crippen MR) is 62.0 cm³/mol. The normalized spacial score (nSPS) is 17.6. The Bertz CT molecular complexity index is 389. The lowest BCUT2D eigenvalue weighted by Crippen LogP contribution is -2.42. The average molecular weight is 219 g/mol. The van der Waals surface area contributed by atoms with Gasteiger partial charge < -0.3 is 4.74 Å². The van der Waals surface area contributed by atoms with Crippen molar-refractivity contribution in [3.05, 3.63) is 35.4 Å². The van der Waals surface area contributed by atoms with E-state index in [1.807, 2.05) is 13.0 Å². The van der Waals surface area contributed by atoms with Crippen molar-refractivity contribution in [3.63, 3.8) is 0 Å². The van der Waals surface area contributed by atoms with Crippen LogP contribution in [0.2, 0.25) is 0 Å². The van der Waals surface area contributed by atoms with E-state index in [9.17, 15) is 4.79 Å². The fourth-order valence-electron chi connectivity index (χ4n) is 2.17. The van der Waals surface area contributed by atoms with E-state index in [0.717, 1.165) is 19.5 Å². The molecule has 0 aromatic heterocycles. The first kappa shape index (κ1) is 11.1. The van der Waals surface area contributed by atoms with E-state index in [1.165, 1.54) is 18.2 Å². The number of nitrogens with zero attached hydrogens (tertiary/aromatic N) is 1. The fraction of sp³-hybridized carbons (Fsp3) is 0.462. The van der Waals surface area contributed by atoms with Gasteiger partial charge in [-0.3, -0.25) is 9.69 Å². The molecule has 0 amide bonds. The van der Waals surface area contributed by atoms with E-state index in [4.69, 9.17) is 4.74 Å². The summed E-state index contributed by atoms with van der Waals surface area (Å²) in [5.74, 6) is -0.153. The van der Waals surface area contributed by atoms with Crippen molar-refractivity contribution in [3.8, 4) is 0 Å². The molecule has 0 bridgehead atoms. The van der Waals surface area contributed by atoms with E-state index in [1.54, 1.807) is 0 Å². The van der Waals surface area contributed by atoms with Crippen LogP contribution >= 0.6 is 0 Å². The van der Waals surface area contributed by atoms with Crippen molar-refractivity contribution >= 4 is 5.97 Å². The molecule has 2 rings (SSSR count). The number of hydrogen-bond acceptors (Lipinski definition) is 3. The van der Waals surface area contributed by atoms with E-state index in [2.05, 4.69) is 23.1 Å². The van der Waals surface area contributed by atoms with Crippen LogP contribution in [0.3, 0.4) is 0 Å². The van der Waals surface area contributed by atoms with Crippen molar-refractivity contribution < 1.29 is 9.53 Å². The number of carbonyl (C=O) groups is 1. The number of benzene rings is 1. The van der Waals surface area contributed by atoms with Gasteiger partial charge in [-0.15, -0.1) is 0 Å². The van der Waals surface area contributed by atoms with Crippen LogP contribution in [0, 0.1) is 0 Å². The molecule has 16 heavy (non-hydrogen) atoms. The molecule has 0 aliphatic carbocycles. The van der Waals surface area contributed by atoms with Crippen LogP contribution in [-0.2, 0) is 22.5 Å². The van der Waals surface area contributed by atoms with Gasteiger partial charge >= 0.3 is 5.97 Å². The van der Waals surface area contributed by atoms with E-state index in [0.29, 0.717) is 0 Å². The molecule has 3 nitrogen and oxygen atoms in total. The largest absolute Gasteiger partial charge is 0.468 e. The summed E-state index contributed by atoms with van der Waals surface area (Å²) in [6.07, 6.45) is 1.01. The molecule has 0 fully saturated rings. The van der Waals surface area contributed by atoms with Crippen molar-refractivity contribution in [2.75, 3.05) is 13.7 Å². The van der Waals surface area contributed by atoms with Crippen LogP contribution in [0.25, 0.3) is 0 Å². The van der Waals surface area contributed by atoms with Gasteiger partial charge in [0.05, 0.1) is 7.11 Å². The maximum Gasteiger partial charge on any atom is 0.322 e. The molecule has 1 aliphatic rings. The minimum absolute atomic E-state index is 0.153. The summed E-state index contributed by atoms with van der Waals surface area (Å²) in [5.41, 5.74) is 2.72. The van der Waals surface area contributed by atoms with Crippen LogP contribution in [0.4, 0.5) is 0 Å². The molecule has 0 radical (unpaired) electrons. The van der Waals surface area contributed by atoms with Gasteiger partial charge in [0.2, 0.25) is 0 Å². The van der Waals surface area contributed by atoms with Gasteiger partial charge in [-0.2, -0.15) is 0 Å². The molecular formula is C13H17NO2. The number of methoxy groups -OCH3 is 1. The lowest BCUT2D eigenvalue weighted by atomic mass is 9.99. The molecule has 1 aliphatic heterocycles. The molecule has 0 saturated carbocycles. The lowest BCUT2D eigenvalue weighted by molar-refractivity contribution is -0.146. The first-order valence-corrected chi connectivity index (χ1v) is 5.61. The molecule has 1 aromatic carbocycles. The van der Waals surface area contributed by atoms with Crippen LogP contribution in [0.1, 0.15) is 18.1 Å². The average Bonchev–Trinajstić information content (AvgIpc) is 2.36. The second-order valence-corrected chi connectivity index (χ2v) is 4.19. The Labute approximate surface area is 96.0 Å². The first-order chi connectivity index (χ1) is 7.72. The van der Waals surface area contributed by atoms with E-state index < -0.39 is 0 Å². The number of ether oxygens (including phenoxy) is 1. The summed E-state index contributed by atoms with van der Waals surface area (Å²) in [4.78, 5) is 13.6. The van der Waals surface area contributed by atoms with Gasteiger partial charge in [-0.25, -0.2) is 0 Å². The molecule has 0 N–H and O–H groups in total. The molecule has 0 spiro atoms. The third-order valence-corrected chi connectivity index (χ3v) is 3.25. The Balaban J connectivity index is 2.10. The second-order valence-electron chi connectivity index (χ2n) is 4.19. The Hall–Kier alpha value is -1.35. The number of hydrogen-bond donors (Lipinski definition) is 0. The SMILES string of the molecule is COC(=O)[C@H](C)N1CCc2ccccc2C1. The van der Waals surface area contributed by atoms with Crippen LogP contribution < -0.4 is 0 Å². The summed E-state index contributed by atoms with van der Waals surface area (Å²) in [5, 5.41) is 0. The Kier molecular flexibility index (Phi) is 3.25. The van der Waals surface area contributed by atoms with Gasteiger partial charge in [0, 0.05) is 13.1 Å². The summed E-state index contributed by atoms with van der Waals surface area (Å²) < 4.78 is 4.77. The fourth-order valence-corrected chi connectivity index (χ4v) is 2.17. The summed E-state index contributed by atoms with van der Waals surface area (Å²) in [6.45, 7) is 3.67. The number of fused-ring (bicyclic) bond motifs is 1. The van der Waals surface area contributed by atoms with Gasteiger partial charge in [-0.05, 0) is 24.5 Å². The van der Waals surface area contributed by atoms with Crippen LogP contribution in [0.5, 0.6) is 0 Å². The first-order valence-electron chi connectivity index (χ1n) is 5.61. The van der Waals surface area contributed by atoms with Crippen molar-refractivity contribution in [1.29, 1.82) is 0 Å². The molecule has 1 atom stereocenters. The highest BCUT2D eigenvalue weighted by Crippen LogP contribution is 2.20. The molecule has 0 saturated heterocycles. The van der Waals surface area contributed by atoms with Crippen molar-refractivity contribution in [1.82, 2.24) is 4.90 Å². The zero-order valence-corrected chi connectivity index (χ0v) is 9.77. The Morgan fingerprint density at radius 1 is 1.38 bits per heavy atom. The van der Waals surface area contributed by atoms with Crippen LogP contribution in [0.15, 0.2) is 24.3 Å². The summed E-state index contributed by atoms with van der Waals surface area (Å²) in [7, 11) is 1.44. The van der Waals surface area contributed by atoms with Crippen LogP contribution in [-0.4, -0.2) is 30.6 Å². The second kappa shape index (κ2) is 4.66. The third-order valence-electron chi connectivity index (χ3n) is 3.25. The topological polar surface area (TPSA) is 29.5 Å².